The Morgan fingerprint density at radius 3 is 2.29 bits per heavy atom. The third-order valence-electron chi connectivity index (χ3n) is 2.33. The summed E-state index contributed by atoms with van der Waals surface area (Å²) in [4.78, 5) is 11.0. The molecule has 0 atom stereocenters. The van der Waals surface area contributed by atoms with Crippen molar-refractivity contribution in [2.45, 2.75) is 51.9 Å². The Kier molecular flexibility index (Phi) is 9.07. The highest BCUT2D eigenvalue weighted by Crippen LogP contribution is 2.05. The standard InChI is InChI=1S/C11H22O5S/c1-2-3-4-5-6-7-9-16-11(12)8-10-17(13,14)15/h2-10H2,1H3,(H,13,14,15). The molecule has 0 aromatic heterocycles. The van der Waals surface area contributed by atoms with Crippen LogP contribution in [0.2, 0.25) is 0 Å². The molecule has 0 saturated heterocycles. The van der Waals surface area contributed by atoms with Crippen molar-refractivity contribution in [1.29, 1.82) is 0 Å². The first kappa shape index (κ1) is 16.4. The van der Waals surface area contributed by atoms with Crippen molar-refractivity contribution in [3.63, 3.8) is 0 Å². The number of ether oxygens (including phenoxy) is 1. The maximum Gasteiger partial charge on any atom is 0.306 e. The lowest BCUT2D eigenvalue weighted by Crippen LogP contribution is -2.12. The maximum atomic E-state index is 11.0. The van der Waals surface area contributed by atoms with Gasteiger partial charge in [0.1, 0.15) is 0 Å². The van der Waals surface area contributed by atoms with Crippen LogP contribution in [-0.4, -0.2) is 31.3 Å². The number of hydrogen-bond donors (Lipinski definition) is 1. The highest BCUT2D eigenvalue weighted by molar-refractivity contribution is 7.85. The van der Waals surface area contributed by atoms with Crippen LogP contribution in [0.4, 0.5) is 0 Å². The zero-order valence-corrected chi connectivity index (χ0v) is 11.2. The predicted molar refractivity (Wildman–Crippen MR) is 65.4 cm³/mol. The van der Waals surface area contributed by atoms with Gasteiger partial charge in [-0.1, -0.05) is 39.0 Å². The Morgan fingerprint density at radius 1 is 1.12 bits per heavy atom. The highest BCUT2D eigenvalue weighted by atomic mass is 32.2. The van der Waals surface area contributed by atoms with Gasteiger partial charge in [0.05, 0.1) is 18.8 Å². The first-order chi connectivity index (χ1) is 7.95. The second-order valence-electron chi connectivity index (χ2n) is 4.02. The average molecular weight is 266 g/mol. The number of rotatable bonds is 10. The molecular formula is C11H22O5S. The number of carbonyl (C=O) groups excluding carboxylic acids is 1. The van der Waals surface area contributed by atoms with Gasteiger partial charge in [-0.2, -0.15) is 8.42 Å². The summed E-state index contributed by atoms with van der Waals surface area (Å²) in [5, 5.41) is 0. The predicted octanol–water partition coefficient (Wildman–Crippen LogP) is 2.17. The van der Waals surface area contributed by atoms with Gasteiger partial charge in [0.2, 0.25) is 0 Å². The minimum atomic E-state index is -4.07. The van der Waals surface area contributed by atoms with Crippen molar-refractivity contribution >= 4 is 16.1 Å². The summed E-state index contributed by atoms with van der Waals surface area (Å²) in [6.07, 6.45) is 6.31. The van der Waals surface area contributed by atoms with Crippen molar-refractivity contribution < 1.29 is 22.5 Å². The molecule has 0 aromatic carbocycles. The minimum absolute atomic E-state index is 0.283. The van der Waals surface area contributed by atoms with E-state index >= 15 is 0 Å². The van der Waals surface area contributed by atoms with E-state index in [0.717, 1.165) is 19.3 Å². The van der Waals surface area contributed by atoms with E-state index in [0.29, 0.717) is 6.61 Å². The summed E-state index contributed by atoms with van der Waals surface area (Å²) in [6, 6.07) is 0. The highest BCUT2D eigenvalue weighted by Gasteiger charge is 2.10. The summed E-state index contributed by atoms with van der Waals surface area (Å²) in [6.45, 7) is 2.48. The molecule has 6 heteroatoms. The normalized spacial score (nSPS) is 11.4. The van der Waals surface area contributed by atoms with Crippen LogP contribution in [0.1, 0.15) is 51.9 Å². The van der Waals surface area contributed by atoms with E-state index in [9.17, 15) is 13.2 Å². The molecule has 1 N–H and O–H groups in total. The lowest BCUT2D eigenvalue weighted by molar-refractivity contribution is -0.143. The zero-order chi connectivity index (χ0) is 13.1. The number of carbonyl (C=O) groups is 1. The van der Waals surface area contributed by atoms with E-state index in [4.69, 9.17) is 9.29 Å². The molecule has 0 radical (unpaired) electrons. The van der Waals surface area contributed by atoms with Gasteiger partial charge >= 0.3 is 5.97 Å². The van der Waals surface area contributed by atoms with Crippen molar-refractivity contribution in [2.75, 3.05) is 12.4 Å². The monoisotopic (exact) mass is 266 g/mol. The third kappa shape index (κ3) is 13.3. The lowest BCUT2D eigenvalue weighted by atomic mass is 10.1. The van der Waals surface area contributed by atoms with E-state index in [1.54, 1.807) is 0 Å². The second-order valence-corrected chi connectivity index (χ2v) is 5.60. The van der Waals surface area contributed by atoms with Gasteiger partial charge in [0.15, 0.2) is 0 Å². The summed E-state index contributed by atoms with van der Waals surface area (Å²) in [5.41, 5.74) is 0. The Morgan fingerprint density at radius 2 is 1.71 bits per heavy atom. The number of hydrogen-bond acceptors (Lipinski definition) is 4. The molecule has 0 fully saturated rings. The molecule has 0 saturated carbocycles. The molecule has 0 aliphatic carbocycles. The van der Waals surface area contributed by atoms with E-state index in [-0.39, 0.29) is 6.42 Å². The Labute approximate surface area is 103 Å². The van der Waals surface area contributed by atoms with Crippen LogP contribution < -0.4 is 0 Å². The topological polar surface area (TPSA) is 80.7 Å². The molecule has 0 unspecified atom stereocenters. The average Bonchev–Trinajstić information content (AvgIpc) is 2.24. The van der Waals surface area contributed by atoms with Crippen molar-refractivity contribution in [1.82, 2.24) is 0 Å². The molecule has 0 rings (SSSR count). The third-order valence-corrected chi connectivity index (χ3v) is 3.05. The molecule has 17 heavy (non-hydrogen) atoms. The molecule has 0 aromatic rings. The Hall–Kier alpha value is -0.620. The Balaban J connectivity index is 3.34. The molecule has 0 spiro atoms. The van der Waals surface area contributed by atoms with E-state index in [1.807, 2.05) is 0 Å². The number of unbranched alkanes of at least 4 members (excludes halogenated alkanes) is 5. The van der Waals surface area contributed by atoms with Crippen LogP contribution in [0.3, 0.4) is 0 Å². The first-order valence-electron chi connectivity index (χ1n) is 6.06. The van der Waals surface area contributed by atoms with Crippen LogP contribution in [0.25, 0.3) is 0 Å². The molecule has 0 heterocycles. The van der Waals surface area contributed by atoms with Crippen molar-refractivity contribution in [2.24, 2.45) is 0 Å². The summed E-state index contributed by atoms with van der Waals surface area (Å²) in [7, 11) is -4.07. The maximum absolute atomic E-state index is 11.0. The first-order valence-corrected chi connectivity index (χ1v) is 7.67. The van der Waals surface area contributed by atoms with Gasteiger partial charge in [-0.25, -0.2) is 0 Å². The lowest BCUT2D eigenvalue weighted by Gasteiger charge is -2.04. The van der Waals surface area contributed by atoms with Crippen LogP contribution in [0, 0.1) is 0 Å². The molecule has 102 valence electrons. The molecule has 5 nitrogen and oxygen atoms in total. The van der Waals surface area contributed by atoms with Crippen LogP contribution in [0.5, 0.6) is 0 Å². The van der Waals surface area contributed by atoms with Gasteiger partial charge in [-0.15, -0.1) is 0 Å². The zero-order valence-electron chi connectivity index (χ0n) is 10.4. The fraction of sp³-hybridized carbons (Fsp3) is 0.909. The second kappa shape index (κ2) is 9.41. The minimum Gasteiger partial charge on any atom is -0.466 e. The van der Waals surface area contributed by atoms with Crippen molar-refractivity contribution in [3.8, 4) is 0 Å². The summed E-state index contributed by atoms with van der Waals surface area (Å²) in [5.74, 6) is -1.14. The van der Waals surface area contributed by atoms with Crippen molar-refractivity contribution in [3.05, 3.63) is 0 Å². The van der Waals surface area contributed by atoms with E-state index in [2.05, 4.69) is 6.92 Å². The summed E-state index contributed by atoms with van der Waals surface area (Å²) >= 11 is 0. The van der Waals surface area contributed by atoms with Crippen LogP contribution >= 0.6 is 0 Å². The molecule has 0 amide bonds. The quantitative estimate of drug-likeness (QED) is 0.372. The Bertz CT molecular complexity index is 297. The van der Waals surface area contributed by atoms with Gasteiger partial charge in [-0.3, -0.25) is 9.35 Å². The smallest absolute Gasteiger partial charge is 0.306 e. The van der Waals surface area contributed by atoms with Gasteiger partial charge < -0.3 is 4.74 Å². The fourth-order valence-corrected chi connectivity index (χ4v) is 1.78. The fourth-order valence-electron chi connectivity index (χ4n) is 1.35. The van der Waals surface area contributed by atoms with Crippen LogP contribution in [0.15, 0.2) is 0 Å². The van der Waals surface area contributed by atoms with Gasteiger partial charge in [-0.05, 0) is 6.42 Å². The SMILES string of the molecule is CCCCCCCCOC(=O)CCS(=O)(=O)O. The largest absolute Gasteiger partial charge is 0.466 e. The molecular weight excluding hydrogens is 244 g/mol. The van der Waals surface area contributed by atoms with Crippen LogP contribution in [-0.2, 0) is 19.6 Å². The van der Waals surface area contributed by atoms with Gasteiger partial charge in [0.25, 0.3) is 10.1 Å². The summed E-state index contributed by atoms with van der Waals surface area (Å²) < 4.78 is 34.0. The van der Waals surface area contributed by atoms with E-state index in [1.165, 1.54) is 19.3 Å². The molecule has 0 bridgehead atoms. The van der Waals surface area contributed by atoms with Gasteiger partial charge in [0, 0.05) is 0 Å². The van der Waals surface area contributed by atoms with E-state index < -0.39 is 21.8 Å². The number of esters is 1. The molecule has 0 aliphatic heterocycles. The molecule has 0 aliphatic rings.